The van der Waals surface area contributed by atoms with E-state index in [4.69, 9.17) is 5.26 Å². The minimum atomic E-state index is -0.754. The summed E-state index contributed by atoms with van der Waals surface area (Å²) in [7, 11) is 0. The zero-order chi connectivity index (χ0) is 10.3. The summed E-state index contributed by atoms with van der Waals surface area (Å²) >= 11 is 0. The van der Waals surface area contributed by atoms with E-state index in [1.807, 2.05) is 6.92 Å². The van der Waals surface area contributed by atoms with Gasteiger partial charge < -0.3 is 9.84 Å². The highest BCUT2D eigenvalue weighted by atomic mass is 16.5. The van der Waals surface area contributed by atoms with Crippen molar-refractivity contribution in [2.75, 3.05) is 6.61 Å². The maximum absolute atomic E-state index is 11.0. The van der Waals surface area contributed by atoms with Crippen LogP contribution in [-0.2, 0) is 9.53 Å². The minimum Gasteiger partial charge on any atom is -0.511 e. The van der Waals surface area contributed by atoms with Gasteiger partial charge in [-0.05, 0) is 13.3 Å². The van der Waals surface area contributed by atoms with Gasteiger partial charge in [0.2, 0.25) is 0 Å². The molecule has 0 saturated carbocycles. The molecule has 0 fully saturated rings. The zero-order valence-corrected chi connectivity index (χ0v) is 7.83. The largest absolute Gasteiger partial charge is 0.511 e. The van der Waals surface area contributed by atoms with E-state index in [-0.39, 0.29) is 17.9 Å². The lowest BCUT2D eigenvalue weighted by atomic mass is 10.2. The van der Waals surface area contributed by atoms with Crippen LogP contribution in [0.3, 0.4) is 0 Å². The summed E-state index contributed by atoms with van der Waals surface area (Å²) in [5, 5.41) is 17.8. The molecule has 0 aromatic heterocycles. The number of nitrogens with zero attached hydrogens (tertiary/aromatic N) is 1. The molecule has 0 saturated heterocycles. The second-order valence-corrected chi connectivity index (χ2v) is 2.40. The molecule has 0 heterocycles. The summed E-state index contributed by atoms with van der Waals surface area (Å²) in [5.41, 5.74) is -0.288. The van der Waals surface area contributed by atoms with Gasteiger partial charge in [0.05, 0.1) is 6.61 Å². The summed E-state index contributed by atoms with van der Waals surface area (Å²) in [5.74, 6) is -0.945. The highest BCUT2D eigenvalue weighted by molar-refractivity contribution is 5.93. The molecule has 4 heteroatoms. The van der Waals surface area contributed by atoms with E-state index in [2.05, 4.69) is 4.74 Å². The first-order valence-electron chi connectivity index (χ1n) is 4.16. The molecule has 13 heavy (non-hydrogen) atoms. The van der Waals surface area contributed by atoms with Crippen LogP contribution in [0.25, 0.3) is 0 Å². The van der Waals surface area contributed by atoms with Gasteiger partial charge in [-0.15, -0.1) is 0 Å². The van der Waals surface area contributed by atoms with Gasteiger partial charge in [-0.25, -0.2) is 4.79 Å². The molecule has 0 bridgehead atoms. The smallest absolute Gasteiger partial charge is 0.352 e. The van der Waals surface area contributed by atoms with Gasteiger partial charge in [0.15, 0.2) is 5.57 Å². The summed E-state index contributed by atoms with van der Waals surface area (Å²) in [4.78, 5) is 11.0. The topological polar surface area (TPSA) is 70.3 Å². The van der Waals surface area contributed by atoms with Crippen LogP contribution in [-0.4, -0.2) is 17.7 Å². The molecule has 1 N–H and O–H groups in total. The van der Waals surface area contributed by atoms with Crippen LogP contribution in [0.2, 0.25) is 0 Å². The van der Waals surface area contributed by atoms with E-state index >= 15 is 0 Å². The monoisotopic (exact) mass is 183 g/mol. The minimum absolute atomic E-state index is 0.191. The Labute approximate surface area is 77.4 Å². The second kappa shape index (κ2) is 6.06. The molecule has 0 radical (unpaired) electrons. The number of hydrogen-bond donors (Lipinski definition) is 1. The Bertz CT molecular complexity index is 250. The Morgan fingerprint density at radius 1 is 1.54 bits per heavy atom. The number of allylic oxidation sites excluding steroid dienone is 1. The third kappa shape index (κ3) is 3.61. The molecule has 0 aliphatic rings. The third-order valence-corrected chi connectivity index (χ3v) is 1.37. The van der Waals surface area contributed by atoms with Gasteiger partial charge in [-0.1, -0.05) is 6.92 Å². The molecule has 0 unspecified atom stereocenters. The van der Waals surface area contributed by atoms with E-state index in [1.165, 1.54) is 0 Å². The molecule has 0 spiro atoms. The number of ether oxygens (including phenoxy) is 1. The third-order valence-electron chi connectivity index (χ3n) is 1.37. The summed E-state index contributed by atoms with van der Waals surface area (Å²) < 4.78 is 4.58. The van der Waals surface area contributed by atoms with Crippen LogP contribution in [0.15, 0.2) is 11.3 Å². The van der Waals surface area contributed by atoms with Gasteiger partial charge >= 0.3 is 5.97 Å². The summed E-state index contributed by atoms with van der Waals surface area (Å²) in [6.07, 6.45) is 0.998. The van der Waals surface area contributed by atoms with E-state index in [1.54, 1.807) is 13.0 Å². The predicted molar refractivity (Wildman–Crippen MR) is 46.8 cm³/mol. The molecular weight excluding hydrogens is 170 g/mol. The van der Waals surface area contributed by atoms with Gasteiger partial charge in [0.25, 0.3) is 0 Å². The Balaban J connectivity index is 4.59. The maximum atomic E-state index is 11.0. The molecular formula is C9H13NO3. The highest BCUT2D eigenvalue weighted by Gasteiger charge is 2.14. The lowest BCUT2D eigenvalue weighted by Gasteiger charge is -2.02. The van der Waals surface area contributed by atoms with Crippen molar-refractivity contribution in [2.24, 2.45) is 0 Å². The van der Waals surface area contributed by atoms with Gasteiger partial charge in [-0.3, -0.25) is 0 Å². The first-order chi connectivity index (χ1) is 6.17. The standard InChI is InChI=1S/C9H13NO3/c1-3-5-8(11)7(6-10)9(12)13-4-2/h11H,3-5H2,1-2H3/b8-7-. The molecule has 0 aromatic carbocycles. The fourth-order valence-corrected chi connectivity index (χ4v) is 0.793. The van der Waals surface area contributed by atoms with E-state index < -0.39 is 5.97 Å². The van der Waals surface area contributed by atoms with Crippen molar-refractivity contribution in [3.8, 4) is 6.07 Å². The van der Waals surface area contributed by atoms with Crippen LogP contribution in [0.4, 0.5) is 0 Å². The van der Waals surface area contributed by atoms with E-state index in [0.29, 0.717) is 12.8 Å². The molecule has 72 valence electrons. The number of aliphatic hydroxyl groups excluding tert-OH is 1. The van der Waals surface area contributed by atoms with Crippen LogP contribution >= 0.6 is 0 Å². The van der Waals surface area contributed by atoms with Crippen molar-refractivity contribution in [3.05, 3.63) is 11.3 Å². The first kappa shape index (κ1) is 11.5. The van der Waals surface area contributed by atoms with Gasteiger partial charge in [0.1, 0.15) is 11.8 Å². The number of hydrogen-bond acceptors (Lipinski definition) is 4. The first-order valence-corrected chi connectivity index (χ1v) is 4.16. The van der Waals surface area contributed by atoms with Gasteiger partial charge in [0, 0.05) is 6.42 Å². The molecule has 0 rings (SSSR count). The SMILES string of the molecule is CCC/C(O)=C(\C#N)C(=O)OCC. The molecule has 0 amide bonds. The Morgan fingerprint density at radius 2 is 2.15 bits per heavy atom. The quantitative estimate of drug-likeness (QED) is 0.311. The van der Waals surface area contributed by atoms with Crippen molar-refractivity contribution in [1.29, 1.82) is 5.26 Å². The maximum Gasteiger partial charge on any atom is 0.352 e. The van der Waals surface area contributed by atoms with Crippen molar-refractivity contribution in [1.82, 2.24) is 0 Å². The molecule has 0 aliphatic carbocycles. The molecule has 0 aromatic rings. The Hall–Kier alpha value is -1.50. The van der Waals surface area contributed by atoms with Crippen LogP contribution in [0, 0.1) is 11.3 Å². The second-order valence-electron chi connectivity index (χ2n) is 2.40. The number of rotatable bonds is 4. The molecule has 0 aliphatic heterocycles. The highest BCUT2D eigenvalue weighted by Crippen LogP contribution is 2.08. The molecule has 0 atom stereocenters. The number of carbonyl (C=O) groups is 1. The number of nitriles is 1. The summed E-state index contributed by atoms with van der Waals surface area (Å²) in [6.45, 7) is 3.68. The Kier molecular flexibility index (Phi) is 5.37. The van der Waals surface area contributed by atoms with Crippen LogP contribution in [0.5, 0.6) is 0 Å². The zero-order valence-electron chi connectivity index (χ0n) is 7.83. The van der Waals surface area contributed by atoms with Crippen molar-refractivity contribution in [2.45, 2.75) is 26.7 Å². The average molecular weight is 183 g/mol. The summed E-state index contributed by atoms with van der Waals surface area (Å²) in [6, 6.07) is 1.63. The average Bonchev–Trinajstić information content (AvgIpc) is 2.06. The van der Waals surface area contributed by atoms with E-state index in [0.717, 1.165) is 0 Å². The lowest BCUT2D eigenvalue weighted by Crippen LogP contribution is -2.09. The van der Waals surface area contributed by atoms with Gasteiger partial charge in [-0.2, -0.15) is 5.26 Å². The van der Waals surface area contributed by atoms with Crippen molar-refractivity contribution in [3.63, 3.8) is 0 Å². The fourth-order valence-electron chi connectivity index (χ4n) is 0.793. The normalized spacial score (nSPS) is 11.5. The predicted octanol–water partition coefficient (Wildman–Crippen LogP) is 1.69. The van der Waals surface area contributed by atoms with Crippen LogP contribution < -0.4 is 0 Å². The fraction of sp³-hybridized carbons (Fsp3) is 0.556. The Morgan fingerprint density at radius 3 is 2.54 bits per heavy atom. The van der Waals surface area contributed by atoms with Crippen molar-refractivity contribution >= 4 is 5.97 Å². The van der Waals surface area contributed by atoms with E-state index in [9.17, 15) is 9.90 Å². The van der Waals surface area contributed by atoms with Crippen molar-refractivity contribution < 1.29 is 14.6 Å². The number of carbonyl (C=O) groups excluding carboxylic acids is 1. The number of esters is 1. The lowest BCUT2D eigenvalue weighted by molar-refractivity contribution is -0.138. The molecule has 4 nitrogen and oxygen atoms in total. The number of aliphatic hydroxyl groups is 1. The van der Waals surface area contributed by atoms with Crippen LogP contribution in [0.1, 0.15) is 26.7 Å².